The van der Waals surface area contributed by atoms with Gasteiger partial charge in [-0.25, -0.2) is 4.18 Å². The van der Waals surface area contributed by atoms with Crippen molar-refractivity contribution in [2.24, 2.45) is 11.1 Å². The van der Waals surface area contributed by atoms with Crippen LogP contribution in [0.3, 0.4) is 0 Å². The molecule has 6 nitrogen and oxygen atoms in total. The minimum absolute atomic E-state index is 0.0643. The third kappa shape index (κ3) is 6.20. The Morgan fingerprint density at radius 1 is 1.50 bits per heavy atom. The van der Waals surface area contributed by atoms with Gasteiger partial charge < -0.3 is 0 Å². The van der Waals surface area contributed by atoms with E-state index in [1.807, 2.05) is 0 Å². The molecule has 12 heavy (non-hydrogen) atoms. The monoisotopic (exact) mass is 197 g/mol. The molecular formula is C5H11NO5S. The fourth-order valence-electron chi connectivity index (χ4n) is 0.644. The Kier molecular flexibility index (Phi) is 4.29. The second kappa shape index (κ2) is 4.48. The van der Waals surface area contributed by atoms with Crippen molar-refractivity contribution in [1.82, 2.24) is 0 Å². The van der Waals surface area contributed by atoms with Gasteiger partial charge >= 0.3 is 10.4 Å². The van der Waals surface area contributed by atoms with Crippen LogP contribution in [-0.4, -0.2) is 19.2 Å². The van der Waals surface area contributed by atoms with E-state index in [1.54, 1.807) is 13.8 Å². The summed E-state index contributed by atoms with van der Waals surface area (Å²) in [7, 11) is -4.57. The molecule has 0 aromatic rings. The van der Waals surface area contributed by atoms with Crippen molar-refractivity contribution >= 4 is 10.4 Å². The third-order valence-corrected chi connectivity index (χ3v) is 1.49. The van der Waals surface area contributed by atoms with Crippen molar-refractivity contribution in [2.75, 3.05) is 0 Å². The van der Waals surface area contributed by atoms with Crippen molar-refractivity contribution in [1.29, 1.82) is 0 Å². The Hall–Kier alpha value is -0.530. The van der Waals surface area contributed by atoms with Crippen LogP contribution < -0.4 is 0 Å². The lowest BCUT2D eigenvalue weighted by atomic mass is 10.1. The first-order valence-corrected chi connectivity index (χ1v) is 4.70. The first-order chi connectivity index (χ1) is 5.35. The van der Waals surface area contributed by atoms with E-state index >= 15 is 0 Å². The predicted molar refractivity (Wildman–Crippen MR) is 41.7 cm³/mol. The molecule has 7 heteroatoms. The molecular weight excluding hydrogens is 186 g/mol. The van der Waals surface area contributed by atoms with Gasteiger partial charge in [0.05, 0.1) is 0 Å². The summed E-state index contributed by atoms with van der Waals surface area (Å²) in [5.41, 5.74) is 0. The van der Waals surface area contributed by atoms with Crippen LogP contribution >= 0.6 is 0 Å². The zero-order valence-electron chi connectivity index (χ0n) is 6.80. The Morgan fingerprint density at radius 3 is 2.25 bits per heavy atom. The number of rotatable bonds is 5. The van der Waals surface area contributed by atoms with Crippen molar-refractivity contribution in [3.05, 3.63) is 4.91 Å². The van der Waals surface area contributed by atoms with Gasteiger partial charge in [-0.3, -0.25) is 4.55 Å². The van der Waals surface area contributed by atoms with E-state index < -0.39 is 16.6 Å². The standard InChI is InChI=1S/C5H11NO5S/c1-4(2)3-5(6-7)11-12(8,9)10/h4-5H,3H2,1-2H3,(H,8,9,10). The first kappa shape index (κ1) is 11.5. The zero-order chi connectivity index (χ0) is 9.78. The Balaban J connectivity index is 4.10. The summed E-state index contributed by atoms with van der Waals surface area (Å²) < 4.78 is 32.4. The zero-order valence-corrected chi connectivity index (χ0v) is 7.61. The van der Waals surface area contributed by atoms with E-state index in [2.05, 4.69) is 9.36 Å². The van der Waals surface area contributed by atoms with Crippen LogP contribution in [0, 0.1) is 10.8 Å². The molecule has 0 spiro atoms. The molecule has 0 aliphatic heterocycles. The first-order valence-electron chi connectivity index (χ1n) is 3.33. The highest BCUT2D eigenvalue weighted by Crippen LogP contribution is 2.10. The summed E-state index contributed by atoms with van der Waals surface area (Å²) in [5, 5.41) is 2.40. The van der Waals surface area contributed by atoms with Crippen LogP contribution in [0.2, 0.25) is 0 Å². The number of nitroso groups, excluding NO2 is 1. The molecule has 0 saturated carbocycles. The minimum atomic E-state index is -4.57. The molecule has 0 amide bonds. The molecule has 0 radical (unpaired) electrons. The largest absolute Gasteiger partial charge is 0.399 e. The van der Waals surface area contributed by atoms with Gasteiger partial charge in [0.1, 0.15) is 0 Å². The van der Waals surface area contributed by atoms with Crippen molar-refractivity contribution in [3.63, 3.8) is 0 Å². The number of hydrogen-bond acceptors (Lipinski definition) is 5. The molecule has 0 heterocycles. The Morgan fingerprint density at radius 2 is 2.00 bits per heavy atom. The van der Waals surface area contributed by atoms with Gasteiger partial charge in [0, 0.05) is 6.42 Å². The molecule has 1 N–H and O–H groups in total. The molecule has 0 aliphatic rings. The lowest BCUT2D eigenvalue weighted by Crippen LogP contribution is -2.17. The maximum absolute atomic E-state index is 10.1. The topological polar surface area (TPSA) is 93.0 Å². The molecule has 0 fully saturated rings. The average molecular weight is 197 g/mol. The summed E-state index contributed by atoms with van der Waals surface area (Å²) in [5.74, 6) is 0.0643. The molecule has 0 rings (SSSR count). The van der Waals surface area contributed by atoms with Crippen LogP contribution in [0.25, 0.3) is 0 Å². The molecule has 0 aromatic carbocycles. The van der Waals surface area contributed by atoms with Gasteiger partial charge in [0.2, 0.25) is 6.23 Å². The van der Waals surface area contributed by atoms with Crippen molar-refractivity contribution in [3.8, 4) is 0 Å². The van der Waals surface area contributed by atoms with Crippen LogP contribution in [-0.2, 0) is 14.6 Å². The summed E-state index contributed by atoms with van der Waals surface area (Å²) in [6.45, 7) is 3.54. The van der Waals surface area contributed by atoms with Gasteiger partial charge in [-0.2, -0.15) is 8.42 Å². The second-order valence-corrected chi connectivity index (χ2v) is 3.76. The van der Waals surface area contributed by atoms with E-state index in [0.717, 1.165) is 0 Å². The average Bonchev–Trinajstić information content (AvgIpc) is 1.82. The number of hydrogen-bond donors (Lipinski definition) is 1. The van der Waals surface area contributed by atoms with E-state index in [9.17, 15) is 13.3 Å². The van der Waals surface area contributed by atoms with Crippen LogP contribution in [0.5, 0.6) is 0 Å². The smallest absolute Gasteiger partial charge is 0.263 e. The predicted octanol–water partition coefficient (Wildman–Crippen LogP) is 0.944. The SMILES string of the molecule is CC(C)CC(N=O)OS(=O)(=O)O. The fourth-order valence-corrected chi connectivity index (χ4v) is 1.04. The third-order valence-electron chi connectivity index (χ3n) is 1.02. The molecule has 0 bridgehead atoms. The molecule has 0 saturated heterocycles. The summed E-state index contributed by atoms with van der Waals surface area (Å²) >= 11 is 0. The summed E-state index contributed by atoms with van der Waals surface area (Å²) in [6, 6.07) is 0. The molecule has 72 valence electrons. The quantitative estimate of drug-likeness (QED) is 0.523. The van der Waals surface area contributed by atoms with E-state index in [4.69, 9.17) is 4.55 Å². The highest BCUT2D eigenvalue weighted by molar-refractivity contribution is 7.80. The summed E-state index contributed by atoms with van der Waals surface area (Å²) in [4.78, 5) is 9.97. The van der Waals surface area contributed by atoms with Crippen LogP contribution in [0.4, 0.5) is 0 Å². The Labute approximate surface area is 70.8 Å². The highest BCUT2D eigenvalue weighted by atomic mass is 32.3. The van der Waals surface area contributed by atoms with Crippen molar-refractivity contribution in [2.45, 2.75) is 26.5 Å². The highest BCUT2D eigenvalue weighted by Gasteiger charge is 2.18. The minimum Gasteiger partial charge on any atom is -0.263 e. The Bertz CT molecular complexity index is 234. The molecule has 1 atom stereocenters. The van der Waals surface area contributed by atoms with Crippen molar-refractivity contribution < 1.29 is 17.2 Å². The van der Waals surface area contributed by atoms with Gasteiger partial charge in [0.15, 0.2) is 0 Å². The second-order valence-electron chi connectivity index (χ2n) is 2.71. The van der Waals surface area contributed by atoms with Gasteiger partial charge in [-0.05, 0) is 11.1 Å². The van der Waals surface area contributed by atoms with Gasteiger partial charge in [0.25, 0.3) is 0 Å². The lowest BCUT2D eigenvalue weighted by Gasteiger charge is -2.08. The maximum Gasteiger partial charge on any atom is 0.399 e. The van der Waals surface area contributed by atoms with Gasteiger partial charge in [-0.15, -0.1) is 4.91 Å². The number of nitrogens with zero attached hydrogens (tertiary/aromatic N) is 1. The van der Waals surface area contributed by atoms with Gasteiger partial charge in [-0.1, -0.05) is 13.8 Å². The fraction of sp³-hybridized carbons (Fsp3) is 1.00. The molecule has 1 unspecified atom stereocenters. The maximum atomic E-state index is 10.1. The molecule has 0 aliphatic carbocycles. The lowest BCUT2D eigenvalue weighted by molar-refractivity contribution is 0.165. The summed E-state index contributed by atoms with van der Waals surface area (Å²) in [6.07, 6.45) is -1.18. The normalized spacial score (nSPS) is 14.7. The van der Waals surface area contributed by atoms with Crippen LogP contribution in [0.1, 0.15) is 20.3 Å². The van der Waals surface area contributed by atoms with Crippen LogP contribution in [0.15, 0.2) is 5.18 Å². The molecule has 0 aromatic heterocycles. The van der Waals surface area contributed by atoms with E-state index in [-0.39, 0.29) is 12.3 Å². The van der Waals surface area contributed by atoms with E-state index in [1.165, 1.54) is 0 Å². The van der Waals surface area contributed by atoms with E-state index in [0.29, 0.717) is 0 Å².